The zero-order valence-electron chi connectivity index (χ0n) is 14.1. The van der Waals surface area contributed by atoms with Crippen LogP contribution in [0.25, 0.3) is 0 Å². The van der Waals surface area contributed by atoms with Gasteiger partial charge in [-0.1, -0.05) is 12.1 Å². The molecule has 1 amide bonds. The Bertz CT molecular complexity index is 921. The zero-order valence-corrected chi connectivity index (χ0v) is 15.0. The molecule has 26 heavy (non-hydrogen) atoms. The highest BCUT2D eigenvalue weighted by Crippen LogP contribution is 2.22. The van der Waals surface area contributed by atoms with E-state index < -0.39 is 10.0 Å². The Morgan fingerprint density at radius 2 is 1.73 bits per heavy atom. The van der Waals surface area contributed by atoms with Crippen LogP contribution < -0.4 is 9.62 Å². The molecule has 0 aliphatic carbocycles. The van der Waals surface area contributed by atoms with Gasteiger partial charge in [0.25, 0.3) is 15.9 Å². The minimum absolute atomic E-state index is 0.0463. The van der Waals surface area contributed by atoms with Crippen molar-refractivity contribution in [1.82, 2.24) is 0 Å². The van der Waals surface area contributed by atoms with Gasteiger partial charge in [-0.05, 0) is 43.3 Å². The Morgan fingerprint density at radius 3 is 2.31 bits per heavy atom. The van der Waals surface area contributed by atoms with Gasteiger partial charge in [0.15, 0.2) is 5.78 Å². The number of rotatable bonds is 5. The minimum atomic E-state index is -3.77. The molecule has 7 nitrogen and oxygen atoms in total. The predicted octanol–water partition coefficient (Wildman–Crippen LogP) is 2.05. The quantitative estimate of drug-likeness (QED) is 0.809. The number of amides is 1. The van der Waals surface area contributed by atoms with Crippen molar-refractivity contribution >= 4 is 33.1 Å². The van der Waals surface area contributed by atoms with E-state index in [0.717, 1.165) is 0 Å². The number of ether oxygens (including phenoxy) is 1. The van der Waals surface area contributed by atoms with Crippen molar-refractivity contribution in [3.8, 4) is 0 Å². The van der Waals surface area contributed by atoms with E-state index >= 15 is 0 Å². The van der Waals surface area contributed by atoms with Gasteiger partial charge in [0.2, 0.25) is 0 Å². The molecule has 0 unspecified atom stereocenters. The van der Waals surface area contributed by atoms with Crippen molar-refractivity contribution in [1.29, 1.82) is 0 Å². The van der Waals surface area contributed by atoms with Crippen LogP contribution in [0.3, 0.4) is 0 Å². The summed E-state index contributed by atoms with van der Waals surface area (Å²) < 4.78 is 32.5. The number of ketones is 1. The number of anilines is 2. The van der Waals surface area contributed by atoms with Gasteiger partial charge in [-0.2, -0.15) is 0 Å². The predicted molar refractivity (Wildman–Crippen MR) is 96.9 cm³/mol. The molecule has 8 heteroatoms. The van der Waals surface area contributed by atoms with Crippen LogP contribution in [-0.2, 0) is 19.6 Å². The first-order valence-electron chi connectivity index (χ1n) is 7.99. The second-order valence-corrected chi connectivity index (χ2v) is 7.51. The Kier molecular flexibility index (Phi) is 5.06. The van der Waals surface area contributed by atoms with Gasteiger partial charge in [-0.15, -0.1) is 0 Å². The van der Waals surface area contributed by atoms with Gasteiger partial charge in [0.05, 0.1) is 11.5 Å². The van der Waals surface area contributed by atoms with E-state index in [2.05, 4.69) is 4.72 Å². The molecule has 1 aliphatic rings. The molecule has 0 aromatic heterocycles. The van der Waals surface area contributed by atoms with Crippen molar-refractivity contribution in [3.63, 3.8) is 0 Å². The fourth-order valence-corrected chi connectivity index (χ4v) is 3.64. The summed E-state index contributed by atoms with van der Waals surface area (Å²) in [5, 5.41) is 0. The third kappa shape index (κ3) is 3.92. The normalized spacial score (nSPS) is 15.0. The van der Waals surface area contributed by atoms with Crippen LogP contribution in [0.4, 0.5) is 11.4 Å². The maximum absolute atomic E-state index is 12.4. The summed E-state index contributed by atoms with van der Waals surface area (Å²) in [7, 11) is -3.77. The highest BCUT2D eigenvalue weighted by molar-refractivity contribution is 7.92. The lowest BCUT2D eigenvalue weighted by molar-refractivity contribution is -0.125. The van der Waals surface area contributed by atoms with Crippen LogP contribution in [0.15, 0.2) is 53.4 Å². The number of morpholine rings is 1. The lowest BCUT2D eigenvalue weighted by atomic mass is 10.2. The number of Topliss-reactive ketones (excluding diaryl/α,β-unsaturated/α-hetero) is 1. The molecule has 0 atom stereocenters. The molecular formula is C18H18N2O5S. The maximum Gasteiger partial charge on any atom is 0.261 e. The highest BCUT2D eigenvalue weighted by atomic mass is 32.2. The summed E-state index contributed by atoms with van der Waals surface area (Å²) >= 11 is 0. The highest BCUT2D eigenvalue weighted by Gasteiger charge is 2.20. The third-order valence-electron chi connectivity index (χ3n) is 3.99. The first kappa shape index (κ1) is 18.1. The molecule has 2 aromatic rings. The van der Waals surface area contributed by atoms with E-state index in [1.54, 1.807) is 29.2 Å². The standard InChI is InChI=1S/C18H18N2O5S/c1-13(21)14-2-8-17(9-3-14)26(23,24)19-15-4-6-16(7-5-15)20-10-11-25-12-18(20)22/h2-9,19H,10-12H2,1H3. The molecule has 3 rings (SSSR count). The third-order valence-corrected chi connectivity index (χ3v) is 5.39. The fourth-order valence-electron chi connectivity index (χ4n) is 2.58. The van der Waals surface area contributed by atoms with Crippen LogP contribution in [-0.4, -0.2) is 39.9 Å². The first-order chi connectivity index (χ1) is 12.4. The summed E-state index contributed by atoms with van der Waals surface area (Å²) in [6.07, 6.45) is 0. The second kappa shape index (κ2) is 7.27. The maximum atomic E-state index is 12.4. The van der Waals surface area contributed by atoms with Crippen molar-refractivity contribution in [3.05, 3.63) is 54.1 Å². The van der Waals surface area contributed by atoms with Gasteiger partial charge in [0, 0.05) is 23.5 Å². The van der Waals surface area contributed by atoms with E-state index in [1.807, 2.05) is 0 Å². The Labute approximate surface area is 151 Å². The van der Waals surface area contributed by atoms with Crippen LogP contribution in [0.2, 0.25) is 0 Å². The zero-order chi connectivity index (χ0) is 18.7. The summed E-state index contributed by atoms with van der Waals surface area (Å²) in [5.41, 5.74) is 1.51. The molecule has 1 N–H and O–H groups in total. The van der Waals surface area contributed by atoms with E-state index in [-0.39, 0.29) is 23.2 Å². The number of sulfonamides is 1. The smallest absolute Gasteiger partial charge is 0.261 e. The van der Waals surface area contributed by atoms with Crippen molar-refractivity contribution in [2.75, 3.05) is 29.4 Å². The molecule has 0 saturated carbocycles. The van der Waals surface area contributed by atoms with E-state index in [4.69, 9.17) is 4.74 Å². The van der Waals surface area contributed by atoms with E-state index in [9.17, 15) is 18.0 Å². The molecule has 0 spiro atoms. The van der Waals surface area contributed by atoms with Gasteiger partial charge in [-0.3, -0.25) is 14.3 Å². The monoisotopic (exact) mass is 374 g/mol. The summed E-state index contributed by atoms with van der Waals surface area (Å²) in [5.74, 6) is -0.259. The lowest BCUT2D eigenvalue weighted by Crippen LogP contribution is -2.41. The Morgan fingerprint density at radius 1 is 1.08 bits per heavy atom. The van der Waals surface area contributed by atoms with Gasteiger partial charge >= 0.3 is 0 Å². The average molecular weight is 374 g/mol. The van der Waals surface area contributed by atoms with Crippen molar-refractivity contribution in [2.24, 2.45) is 0 Å². The van der Waals surface area contributed by atoms with Gasteiger partial charge in [-0.25, -0.2) is 8.42 Å². The summed E-state index contributed by atoms with van der Waals surface area (Å²) in [4.78, 5) is 24.8. The van der Waals surface area contributed by atoms with Crippen LogP contribution >= 0.6 is 0 Å². The van der Waals surface area contributed by atoms with E-state index in [1.165, 1.54) is 31.2 Å². The molecule has 1 saturated heterocycles. The topological polar surface area (TPSA) is 92.8 Å². The molecule has 136 valence electrons. The summed E-state index contributed by atoms with van der Waals surface area (Å²) in [6, 6.07) is 12.3. The Hall–Kier alpha value is -2.71. The van der Waals surface area contributed by atoms with Crippen LogP contribution in [0.5, 0.6) is 0 Å². The van der Waals surface area contributed by atoms with Crippen molar-refractivity contribution < 1.29 is 22.7 Å². The average Bonchev–Trinajstić information content (AvgIpc) is 2.63. The first-order valence-corrected chi connectivity index (χ1v) is 9.47. The Balaban J connectivity index is 1.75. The number of nitrogens with zero attached hydrogens (tertiary/aromatic N) is 1. The molecule has 0 bridgehead atoms. The largest absolute Gasteiger partial charge is 0.370 e. The number of nitrogens with one attached hydrogen (secondary N) is 1. The van der Waals surface area contributed by atoms with Crippen molar-refractivity contribution in [2.45, 2.75) is 11.8 Å². The van der Waals surface area contributed by atoms with Gasteiger partial charge in [0.1, 0.15) is 6.61 Å². The number of hydrogen-bond acceptors (Lipinski definition) is 5. The number of carbonyl (C=O) groups is 2. The number of hydrogen-bond donors (Lipinski definition) is 1. The molecule has 1 aliphatic heterocycles. The minimum Gasteiger partial charge on any atom is -0.370 e. The number of benzene rings is 2. The SMILES string of the molecule is CC(=O)c1ccc(S(=O)(=O)Nc2ccc(N3CCOCC3=O)cc2)cc1. The van der Waals surface area contributed by atoms with Crippen LogP contribution in [0, 0.1) is 0 Å². The second-order valence-electron chi connectivity index (χ2n) is 5.83. The molecule has 1 fully saturated rings. The number of carbonyl (C=O) groups excluding carboxylic acids is 2. The van der Waals surface area contributed by atoms with Crippen LogP contribution in [0.1, 0.15) is 17.3 Å². The lowest BCUT2D eigenvalue weighted by Gasteiger charge is -2.26. The van der Waals surface area contributed by atoms with Gasteiger partial charge < -0.3 is 9.64 Å². The summed E-state index contributed by atoms with van der Waals surface area (Å²) in [6.45, 7) is 2.40. The molecule has 2 aromatic carbocycles. The van der Waals surface area contributed by atoms with E-state index in [0.29, 0.717) is 30.1 Å². The fraction of sp³-hybridized carbons (Fsp3) is 0.222. The molecule has 0 radical (unpaired) electrons. The molecule has 1 heterocycles. The molecular weight excluding hydrogens is 356 g/mol.